The number of para-hydroxylation sites is 1. The Kier molecular flexibility index (Phi) is 4.79. The first-order chi connectivity index (χ1) is 12.1. The summed E-state index contributed by atoms with van der Waals surface area (Å²) < 4.78 is 33.8. The van der Waals surface area contributed by atoms with Gasteiger partial charge in [-0.05, 0) is 12.1 Å². The van der Waals surface area contributed by atoms with Gasteiger partial charge >= 0.3 is 6.09 Å². The van der Waals surface area contributed by atoms with Crippen molar-refractivity contribution in [3.63, 3.8) is 0 Å². The summed E-state index contributed by atoms with van der Waals surface area (Å²) in [4.78, 5) is 12.2. The van der Waals surface area contributed by atoms with Crippen molar-refractivity contribution in [3.05, 3.63) is 72.3 Å². The van der Waals surface area contributed by atoms with Crippen LogP contribution in [0.4, 0.5) is 19.3 Å². The van der Waals surface area contributed by atoms with Crippen molar-refractivity contribution in [2.24, 2.45) is 7.05 Å². The normalized spacial score (nSPS) is 10.5. The molecule has 1 N–H and O–H groups in total. The standard InChI is InChI=1S/C19H16F2N2O2/c1-23-11-13(10-20)18(12-23)25-19(24)22-17-9-5-3-7-15(17)14-6-2-4-8-16(14)21/h2-9,11-12H,10H2,1H3,(H,22,24). The van der Waals surface area contributed by atoms with Gasteiger partial charge in [0.05, 0.1) is 5.69 Å². The zero-order chi connectivity index (χ0) is 17.8. The molecular formula is C19H16F2N2O2. The third-order valence-corrected chi connectivity index (χ3v) is 3.67. The fourth-order valence-corrected chi connectivity index (χ4v) is 2.55. The Morgan fingerprint density at radius 1 is 1.08 bits per heavy atom. The average Bonchev–Trinajstić information content (AvgIpc) is 2.95. The third-order valence-electron chi connectivity index (χ3n) is 3.67. The van der Waals surface area contributed by atoms with Gasteiger partial charge in [-0.3, -0.25) is 5.32 Å². The number of carbonyl (C=O) groups is 1. The second-order valence-corrected chi connectivity index (χ2v) is 5.49. The molecule has 1 amide bonds. The third kappa shape index (κ3) is 3.68. The predicted molar refractivity (Wildman–Crippen MR) is 91.7 cm³/mol. The number of aryl methyl sites for hydroxylation is 1. The fourth-order valence-electron chi connectivity index (χ4n) is 2.55. The maximum absolute atomic E-state index is 14.1. The molecule has 0 spiro atoms. The van der Waals surface area contributed by atoms with E-state index in [0.717, 1.165) is 0 Å². The largest absolute Gasteiger partial charge is 0.417 e. The van der Waals surface area contributed by atoms with E-state index in [0.29, 0.717) is 16.8 Å². The second kappa shape index (κ2) is 7.17. The van der Waals surface area contributed by atoms with Crippen molar-refractivity contribution < 1.29 is 18.3 Å². The zero-order valence-corrected chi connectivity index (χ0v) is 13.5. The van der Waals surface area contributed by atoms with Gasteiger partial charge in [0.1, 0.15) is 12.5 Å². The van der Waals surface area contributed by atoms with Gasteiger partial charge in [0, 0.05) is 36.1 Å². The molecule has 128 valence electrons. The smallest absolute Gasteiger partial charge is 0.408 e. The van der Waals surface area contributed by atoms with Crippen LogP contribution >= 0.6 is 0 Å². The number of hydrogen-bond acceptors (Lipinski definition) is 2. The van der Waals surface area contributed by atoms with Crippen LogP contribution in [0.3, 0.4) is 0 Å². The van der Waals surface area contributed by atoms with E-state index in [1.165, 1.54) is 18.5 Å². The quantitative estimate of drug-likeness (QED) is 0.732. The minimum atomic E-state index is -0.773. The molecule has 0 fully saturated rings. The monoisotopic (exact) mass is 342 g/mol. The van der Waals surface area contributed by atoms with E-state index in [2.05, 4.69) is 5.32 Å². The van der Waals surface area contributed by atoms with E-state index in [9.17, 15) is 13.6 Å². The first-order valence-electron chi connectivity index (χ1n) is 7.62. The number of alkyl halides is 1. The number of halogens is 2. The van der Waals surface area contributed by atoms with Crippen LogP contribution in [0.25, 0.3) is 11.1 Å². The molecule has 4 nitrogen and oxygen atoms in total. The molecule has 2 aromatic carbocycles. The molecule has 6 heteroatoms. The lowest BCUT2D eigenvalue weighted by Gasteiger charge is -2.12. The average molecular weight is 342 g/mol. The molecule has 0 saturated heterocycles. The minimum absolute atomic E-state index is 0.144. The Balaban J connectivity index is 1.84. The predicted octanol–water partition coefficient (Wildman–Crippen LogP) is 4.91. The Labute approximate surface area is 143 Å². The summed E-state index contributed by atoms with van der Waals surface area (Å²) in [5, 5.41) is 2.59. The van der Waals surface area contributed by atoms with Crippen molar-refractivity contribution in [1.29, 1.82) is 0 Å². The number of aromatic nitrogens is 1. The van der Waals surface area contributed by atoms with E-state index in [4.69, 9.17) is 4.74 Å². The van der Waals surface area contributed by atoms with Gasteiger partial charge in [0.2, 0.25) is 0 Å². The molecule has 0 aliphatic rings. The number of nitrogens with one attached hydrogen (secondary N) is 1. The van der Waals surface area contributed by atoms with Gasteiger partial charge in [0.15, 0.2) is 5.75 Å². The summed E-state index contributed by atoms with van der Waals surface area (Å²) >= 11 is 0. The molecular weight excluding hydrogens is 326 g/mol. The maximum Gasteiger partial charge on any atom is 0.417 e. The molecule has 3 rings (SSSR count). The number of benzene rings is 2. The van der Waals surface area contributed by atoms with Crippen molar-refractivity contribution in [2.45, 2.75) is 6.67 Å². The molecule has 3 aromatic rings. The van der Waals surface area contributed by atoms with Gasteiger partial charge in [0.25, 0.3) is 0 Å². The number of rotatable bonds is 4. The summed E-state index contributed by atoms with van der Waals surface area (Å²) in [6.45, 7) is -0.741. The highest BCUT2D eigenvalue weighted by Crippen LogP contribution is 2.30. The highest BCUT2D eigenvalue weighted by Gasteiger charge is 2.15. The first-order valence-corrected chi connectivity index (χ1v) is 7.62. The van der Waals surface area contributed by atoms with Crippen molar-refractivity contribution in [1.82, 2.24) is 4.57 Å². The molecule has 0 unspecified atom stereocenters. The molecule has 0 aliphatic carbocycles. The molecule has 0 atom stereocenters. The number of nitrogens with zero attached hydrogens (tertiary/aromatic N) is 1. The Morgan fingerprint density at radius 2 is 1.76 bits per heavy atom. The SMILES string of the molecule is Cn1cc(CF)c(OC(=O)Nc2ccccc2-c2ccccc2F)c1. The van der Waals surface area contributed by atoms with Crippen molar-refractivity contribution in [3.8, 4) is 16.9 Å². The highest BCUT2D eigenvalue weighted by molar-refractivity contribution is 5.92. The van der Waals surface area contributed by atoms with E-state index in [-0.39, 0.29) is 11.3 Å². The summed E-state index contributed by atoms with van der Waals surface area (Å²) in [6.07, 6.45) is 2.28. The van der Waals surface area contributed by atoms with E-state index in [1.807, 2.05) is 0 Å². The van der Waals surface area contributed by atoms with Gasteiger partial charge in [-0.2, -0.15) is 0 Å². The molecule has 0 bridgehead atoms. The number of hydrogen-bond donors (Lipinski definition) is 1. The number of carbonyl (C=O) groups excluding carboxylic acids is 1. The van der Waals surface area contributed by atoms with E-state index in [1.54, 1.807) is 54.1 Å². The molecule has 1 heterocycles. The first kappa shape index (κ1) is 16.7. The molecule has 25 heavy (non-hydrogen) atoms. The van der Waals surface area contributed by atoms with Crippen LogP contribution < -0.4 is 10.1 Å². The minimum Gasteiger partial charge on any atom is -0.408 e. The summed E-state index contributed by atoms with van der Waals surface area (Å²) in [6, 6.07) is 13.1. The lowest BCUT2D eigenvalue weighted by molar-refractivity contribution is 0.214. The fraction of sp³-hybridized carbons (Fsp3) is 0.105. The van der Waals surface area contributed by atoms with Crippen molar-refractivity contribution in [2.75, 3.05) is 5.32 Å². The number of anilines is 1. The summed E-state index contributed by atoms with van der Waals surface area (Å²) in [7, 11) is 1.71. The lowest BCUT2D eigenvalue weighted by Crippen LogP contribution is -2.17. The van der Waals surface area contributed by atoms with Gasteiger partial charge < -0.3 is 9.30 Å². The van der Waals surface area contributed by atoms with Crippen LogP contribution in [0.15, 0.2) is 60.9 Å². The maximum atomic E-state index is 14.1. The number of amides is 1. The van der Waals surface area contributed by atoms with Crippen LogP contribution in [-0.2, 0) is 13.7 Å². The Hall–Kier alpha value is -3.15. The zero-order valence-electron chi connectivity index (χ0n) is 13.5. The second-order valence-electron chi connectivity index (χ2n) is 5.49. The molecule has 0 saturated carbocycles. The van der Waals surface area contributed by atoms with Gasteiger partial charge in [-0.25, -0.2) is 13.6 Å². The Morgan fingerprint density at radius 3 is 2.48 bits per heavy atom. The van der Waals surface area contributed by atoms with Crippen LogP contribution in [0, 0.1) is 5.82 Å². The van der Waals surface area contributed by atoms with Crippen LogP contribution in [0.2, 0.25) is 0 Å². The van der Waals surface area contributed by atoms with Crippen molar-refractivity contribution >= 4 is 11.8 Å². The molecule has 1 aromatic heterocycles. The molecule has 0 aliphatic heterocycles. The van der Waals surface area contributed by atoms with E-state index < -0.39 is 18.6 Å². The topological polar surface area (TPSA) is 43.3 Å². The van der Waals surface area contributed by atoms with Crippen LogP contribution in [0.1, 0.15) is 5.56 Å². The Bertz CT molecular complexity index is 906. The van der Waals surface area contributed by atoms with E-state index >= 15 is 0 Å². The van der Waals surface area contributed by atoms with Crippen LogP contribution in [0.5, 0.6) is 5.75 Å². The van der Waals surface area contributed by atoms with Gasteiger partial charge in [-0.1, -0.05) is 36.4 Å². The molecule has 0 radical (unpaired) electrons. The highest BCUT2D eigenvalue weighted by atomic mass is 19.1. The number of ether oxygens (including phenoxy) is 1. The van der Waals surface area contributed by atoms with Crippen LogP contribution in [-0.4, -0.2) is 10.7 Å². The summed E-state index contributed by atoms with van der Waals surface area (Å²) in [5.74, 6) is -0.251. The summed E-state index contributed by atoms with van der Waals surface area (Å²) in [5.41, 5.74) is 1.56. The lowest BCUT2D eigenvalue weighted by atomic mass is 10.0. The van der Waals surface area contributed by atoms with Gasteiger partial charge in [-0.15, -0.1) is 0 Å².